The molecule has 0 aromatic rings. The molecule has 0 saturated carbocycles. The SMILES string of the molecule is CC#CC(OC)[Si](C)(C)C(C)(C)C. The van der Waals surface area contributed by atoms with E-state index in [1.807, 2.05) is 6.92 Å². The zero-order chi connectivity index (χ0) is 10.7. The standard InChI is InChI=1S/C11H22OSi/c1-8-9-10(12-5)13(6,7)11(2,3)4/h10H,1-7H3. The largest absolute Gasteiger partial charge is 0.373 e. The van der Waals surface area contributed by atoms with Crippen LogP contribution in [0.15, 0.2) is 0 Å². The maximum Gasteiger partial charge on any atom is 0.106 e. The van der Waals surface area contributed by atoms with E-state index in [1.165, 1.54) is 0 Å². The van der Waals surface area contributed by atoms with Gasteiger partial charge in [-0.2, -0.15) is 0 Å². The normalized spacial score (nSPS) is 14.7. The number of methoxy groups -OCH3 is 1. The molecule has 1 atom stereocenters. The van der Waals surface area contributed by atoms with Gasteiger partial charge in [0.1, 0.15) is 13.8 Å². The second-order valence-corrected chi connectivity index (χ2v) is 10.4. The van der Waals surface area contributed by atoms with Gasteiger partial charge in [-0.1, -0.05) is 39.8 Å². The van der Waals surface area contributed by atoms with Gasteiger partial charge in [-0.3, -0.25) is 0 Å². The Hall–Kier alpha value is -0.263. The predicted octanol–water partition coefficient (Wildman–Crippen LogP) is 3.07. The Balaban J connectivity index is 4.84. The molecule has 76 valence electrons. The Bertz CT molecular complexity index is 214. The van der Waals surface area contributed by atoms with Crippen LogP contribution >= 0.6 is 0 Å². The van der Waals surface area contributed by atoms with Gasteiger partial charge in [0, 0.05) is 7.11 Å². The molecule has 0 aliphatic rings. The molecule has 0 saturated heterocycles. The lowest BCUT2D eigenvalue weighted by molar-refractivity contribution is 0.195. The van der Waals surface area contributed by atoms with Gasteiger partial charge >= 0.3 is 0 Å². The molecule has 1 unspecified atom stereocenters. The van der Waals surface area contributed by atoms with Gasteiger partial charge < -0.3 is 4.74 Å². The number of ether oxygens (including phenoxy) is 1. The zero-order valence-electron chi connectivity index (χ0n) is 9.99. The Kier molecular flexibility index (Phi) is 4.21. The minimum atomic E-state index is -1.45. The number of rotatable bonds is 2. The fraction of sp³-hybridized carbons (Fsp3) is 0.818. The van der Waals surface area contributed by atoms with Crippen LogP contribution in [0.2, 0.25) is 18.1 Å². The van der Waals surface area contributed by atoms with E-state index in [2.05, 4.69) is 45.7 Å². The lowest BCUT2D eigenvalue weighted by Gasteiger charge is -2.39. The second kappa shape index (κ2) is 4.30. The van der Waals surface area contributed by atoms with Gasteiger partial charge in [-0.15, -0.1) is 5.92 Å². The minimum Gasteiger partial charge on any atom is -0.373 e. The third-order valence-electron chi connectivity index (χ3n) is 3.10. The summed E-state index contributed by atoms with van der Waals surface area (Å²) in [4.78, 5) is 0. The molecule has 0 rings (SSSR count). The highest BCUT2D eigenvalue weighted by Gasteiger charge is 2.41. The van der Waals surface area contributed by atoms with Crippen LogP contribution in [0.5, 0.6) is 0 Å². The molecule has 0 heterocycles. The van der Waals surface area contributed by atoms with Crippen LogP contribution in [0.4, 0.5) is 0 Å². The van der Waals surface area contributed by atoms with Gasteiger partial charge in [0.05, 0.1) is 0 Å². The van der Waals surface area contributed by atoms with Crippen molar-refractivity contribution in [1.82, 2.24) is 0 Å². The molecule has 0 aromatic carbocycles. The monoisotopic (exact) mass is 198 g/mol. The van der Waals surface area contributed by atoms with Crippen LogP contribution in [0, 0.1) is 11.8 Å². The fourth-order valence-electron chi connectivity index (χ4n) is 1.06. The van der Waals surface area contributed by atoms with Crippen molar-refractivity contribution in [3.8, 4) is 11.8 Å². The lowest BCUT2D eigenvalue weighted by Crippen LogP contribution is -2.49. The summed E-state index contributed by atoms with van der Waals surface area (Å²) >= 11 is 0. The fourth-order valence-corrected chi connectivity index (χ4v) is 2.94. The van der Waals surface area contributed by atoms with Crippen molar-refractivity contribution >= 4 is 8.07 Å². The van der Waals surface area contributed by atoms with E-state index in [0.29, 0.717) is 5.04 Å². The van der Waals surface area contributed by atoms with Crippen LogP contribution in [0.3, 0.4) is 0 Å². The topological polar surface area (TPSA) is 9.23 Å². The first-order valence-electron chi connectivity index (χ1n) is 4.72. The summed E-state index contributed by atoms with van der Waals surface area (Å²) in [7, 11) is 0.308. The molecule has 0 spiro atoms. The summed E-state index contributed by atoms with van der Waals surface area (Å²) in [6.45, 7) is 13.4. The molecule has 0 aromatic heterocycles. The van der Waals surface area contributed by atoms with Gasteiger partial charge in [-0.25, -0.2) is 0 Å². The molecule has 0 fully saturated rings. The molecule has 0 aliphatic carbocycles. The smallest absolute Gasteiger partial charge is 0.106 e. The molecular formula is C11H22OSi. The van der Waals surface area contributed by atoms with E-state index in [9.17, 15) is 0 Å². The first kappa shape index (κ1) is 12.7. The summed E-state index contributed by atoms with van der Waals surface area (Å²) in [5.41, 5.74) is 0.150. The van der Waals surface area contributed by atoms with E-state index in [1.54, 1.807) is 7.11 Å². The summed E-state index contributed by atoms with van der Waals surface area (Å²) < 4.78 is 5.47. The third kappa shape index (κ3) is 2.86. The van der Waals surface area contributed by atoms with Gasteiger partial charge in [0.2, 0.25) is 0 Å². The highest BCUT2D eigenvalue weighted by atomic mass is 28.3. The Morgan fingerprint density at radius 1 is 1.23 bits per heavy atom. The predicted molar refractivity (Wildman–Crippen MR) is 61.4 cm³/mol. The summed E-state index contributed by atoms with van der Waals surface area (Å²) in [5, 5.41) is 0.331. The maximum atomic E-state index is 5.47. The average molecular weight is 198 g/mol. The Morgan fingerprint density at radius 3 is 1.92 bits per heavy atom. The molecule has 0 bridgehead atoms. The number of hydrogen-bond donors (Lipinski definition) is 0. The second-order valence-electron chi connectivity index (χ2n) is 4.98. The van der Waals surface area contributed by atoms with E-state index in [0.717, 1.165) is 0 Å². The van der Waals surface area contributed by atoms with Crippen LogP contribution in [-0.2, 0) is 4.74 Å². The molecule has 1 nitrogen and oxygen atoms in total. The molecular weight excluding hydrogens is 176 g/mol. The summed E-state index contributed by atoms with van der Waals surface area (Å²) in [6.07, 6.45) is 0. The molecule has 0 aliphatic heterocycles. The van der Waals surface area contributed by atoms with E-state index in [-0.39, 0.29) is 5.73 Å². The van der Waals surface area contributed by atoms with Gasteiger partial charge in [-0.05, 0) is 12.0 Å². The van der Waals surface area contributed by atoms with E-state index >= 15 is 0 Å². The van der Waals surface area contributed by atoms with Gasteiger partial charge in [0.15, 0.2) is 0 Å². The number of hydrogen-bond acceptors (Lipinski definition) is 1. The van der Waals surface area contributed by atoms with Crippen molar-refractivity contribution < 1.29 is 4.74 Å². The molecule has 13 heavy (non-hydrogen) atoms. The van der Waals surface area contributed by atoms with Crippen LogP contribution in [-0.4, -0.2) is 20.9 Å². The minimum absolute atomic E-state index is 0.150. The summed E-state index contributed by atoms with van der Waals surface area (Å²) in [6, 6.07) is 0. The highest BCUT2D eigenvalue weighted by molar-refractivity contribution is 6.82. The van der Waals surface area contributed by atoms with Crippen molar-refractivity contribution in [2.45, 2.75) is 51.6 Å². The first-order chi connectivity index (χ1) is 5.77. The van der Waals surface area contributed by atoms with Crippen LogP contribution in [0.25, 0.3) is 0 Å². The van der Waals surface area contributed by atoms with Crippen molar-refractivity contribution in [2.75, 3.05) is 7.11 Å². The molecule has 0 amide bonds. The third-order valence-corrected chi connectivity index (χ3v) is 8.66. The quantitative estimate of drug-likeness (QED) is 0.489. The maximum absolute atomic E-state index is 5.47. The van der Waals surface area contributed by atoms with Crippen LogP contribution in [0.1, 0.15) is 27.7 Å². The van der Waals surface area contributed by atoms with Crippen molar-refractivity contribution in [1.29, 1.82) is 0 Å². The van der Waals surface area contributed by atoms with Crippen LogP contribution < -0.4 is 0 Å². The van der Waals surface area contributed by atoms with Gasteiger partial charge in [0.25, 0.3) is 0 Å². The lowest BCUT2D eigenvalue weighted by atomic mass is 10.2. The summed E-state index contributed by atoms with van der Waals surface area (Å²) in [5.74, 6) is 6.13. The Labute approximate surface area is 83.9 Å². The molecule has 0 N–H and O–H groups in total. The first-order valence-corrected chi connectivity index (χ1v) is 7.80. The van der Waals surface area contributed by atoms with E-state index in [4.69, 9.17) is 4.74 Å². The van der Waals surface area contributed by atoms with Crippen molar-refractivity contribution in [3.63, 3.8) is 0 Å². The molecule has 0 radical (unpaired) electrons. The highest BCUT2D eigenvalue weighted by Crippen LogP contribution is 2.38. The Morgan fingerprint density at radius 2 is 1.69 bits per heavy atom. The average Bonchev–Trinajstić information content (AvgIpc) is 1.97. The van der Waals surface area contributed by atoms with E-state index < -0.39 is 8.07 Å². The van der Waals surface area contributed by atoms with Crippen molar-refractivity contribution in [3.05, 3.63) is 0 Å². The zero-order valence-corrected chi connectivity index (χ0v) is 11.0. The van der Waals surface area contributed by atoms with Crippen molar-refractivity contribution in [2.24, 2.45) is 0 Å². The molecule has 2 heteroatoms.